The number of amidine groups is 1. The van der Waals surface area contributed by atoms with Gasteiger partial charge in [-0.05, 0) is 126 Å². The molecular weight excluding hydrogens is 625 g/mol. The number of hydrogen-bond donors (Lipinski definition) is 2. The van der Waals surface area contributed by atoms with Crippen LogP contribution in [0, 0.1) is 18.3 Å². The number of aromatic hydroxyl groups is 1. The Morgan fingerprint density at radius 1 is 0.961 bits per heavy atom. The van der Waals surface area contributed by atoms with E-state index in [0.29, 0.717) is 17.6 Å². The number of carbonyl (C=O) groups excluding carboxylic acids is 1. The molecule has 4 nitrogen and oxygen atoms in total. The van der Waals surface area contributed by atoms with E-state index < -0.39 is 0 Å². The van der Waals surface area contributed by atoms with E-state index in [1.165, 1.54) is 68.6 Å². The lowest BCUT2D eigenvalue weighted by Crippen LogP contribution is -2.25. The molecule has 1 saturated carbocycles. The van der Waals surface area contributed by atoms with Gasteiger partial charge in [0.15, 0.2) is 5.78 Å². The SMILES string of the molecule is CC.CC.CCC1CCC(CC)(CC)CC1.C\C=C(C)/C=C\C(NC1=NC=C(/C=C(\C(C)=O)c2c(C)cccc2O)C(CC)=C(C)C1)=C(\C)CC. The Bertz CT molecular complexity index is 1410. The van der Waals surface area contributed by atoms with Crippen LogP contribution in [0.3, 0.4) is 0 Å². The first-order chi connectivity index (χ1) is 24.4. The highest BCUT2D eigenvalue weighted by atomic mass is 16.3. The maximum atomic E-state index is 12.7. The first-order valence-corrected chi connectivity index (χ1v) is 20.1. The third kappa shape index (κ3) is 15.0. The predicted octanol–water partition coefficient (Wildman–Crippen LogP) is 14.3. The van der Waals surface area contributed by atoms with Crippen molar-refractivity contribution in [2.24, 2.45) is 16.3 Å². The Labute approximate surface area is 315 Å². The fraction of sp³-hybridized carbons (Fsp3) is 0.574. The first-order valence-electron chi connectivity index (χ1n) is 20.1. The van der Waals surface area contributed by atoms with Crippen molar-refractivity contribution in [1.29, 1.82) is 0 Å². The molecule has 2 aliphatic rings. The molecule has 0 atom stereocenters. The van der Waals surface area contributed by atoms with E-state index >= 15 is 0 Å². The summed E-state index contributed by atoms with van der Waals surface area (Å²) in [4.78, 5) is 17.5. The molecule has 0 unspecified atom stereocenters. The van der Waals surface area contributed by atoms with Crippen LogP contribution in [-0.4, -0.2) is 16.7 Å². The molecule has 51 heavy (non-hydrogen) atoms. The highest BCUT2D eigenvalue weighted by Crippen LogP contribution is 2.44. The van der Waals surface area contributed by atoms with Crippen molar-refractivity contribution < 1.29 is 9.90 Å². The Morgan fingerprint density at radius 2 is 1.57 bits per heavy atom. The molecule has 0 radical (unpaired) electrons. The van der Waals surface area contributed by atoms with Crippen LogP contribution < -0.4 is 5.32 Å². The Kier molecular flexibility index (Phi) is 23.8. The fourth-order valence-electron chi connectivity index (χ4n) is 6.69. The van der Waals surface area contributed by atoms with Gasteiger partial charge in [0.25, 0.3) is 0 Å². The number of aliphatic imine (C=N–C) groups is 1. The normalized spacial score (nSPS) is 17.0. The van der Waals surface area contributed by atoms with Crippen LogP contribution in [0.2, 0.25) is 0 Å². The van der Waals surface area contributed by atoms with Crippen LogP contribution in [-0.2, 0) is 4.79 Å². The van der Waals surface area contributed by atoms with Gasteiger partial charge in [0.1, 0.15) is 11.6 Å². The number of phenolic OH excluding ortho intramolecular Hbond substituents is 1. The maximum absolute atomic E-state index is 12.7. The standard InChI is InChI=1S/C31H40N2O2.C12H24.2C2H6/c1-9-20(4)15-16-28(21(5)10-2)33-30-17-23(7)26(11-3)25(19-32-30)18-27(24(8)34)31-22(6)13-12-14-29(31)35;1-4-11-7-9-12(5-2,6-3)10-8-11;2*1-2/h9,12-16,18-19,35H,10-11,17H2,1-8H3,(H,32,33);11H,4-10H2,1-3H3;2*1-2H3/b16-15-,20-9-,27-18+,28-21+;;;. The second-order valence-electron chi connectivity index (χ2n) is 13.6. The zero-order valence-corrected chi connectivity index (χ0v) is 35.6. The van der Waals surface area contributed by atoms with Crippen molar-refractivity contribution in [2.75, 3.05) is 0 Å². The summed E-state index contributed by atoms with van der Waals surface area (Å²) in [5.41, 5.74) is 9.44. The zero-order valence-electron chi connectivity index (χ0n) is 35.6. The van der Waals surface area contributed by atoms with Gasteiger partial charge in [-0.25, -0.2) is 4.99 Å². The molecule has 0 amide bonds. The van der Waals surface area contributed by atoms with Crippen LogP contribution in [0.4, 0.5) is 0 Å². The lowest BCUT2D eigenvalue weighted by Gasteiger charge is -2.39. The van der Waals surface area contributed by atoms with E-state index in [0.717, 1.165) is 52.4 Å². The van der Waals surface area contributed by atoms with Crippen molar-refractivity contribution in [3.63, 3.8) is 0 Å². The molecule has 2 N–H and O–H groups in total. The molecule has 1 aliphatic heterocycles. The van der Waals surface area contributed by atoms with Gasteiger partial charge in [0.2, 0.25) is 0 Å². The van der Waals surface area contributed by atoms with Crippen molar-refractivity contribution in [3.05, 3.63) is 93.4 Å². The molecule has 0 saturated heterocycles. The van der Waals surface area contributed by atoms with Gasteiger partial charge >= 0.3 is 0 Å². The average molecular weight is 701 g/mol. The predicted molar refractivity (Wildman–Crippen MR) is 227 cm³/mol. The van der Waals surface area contributed by atoms with Gasteiger partial charge in [-0.2, -0.15) is 0 Å². The first kappa shape index (κ1) is 47.6. The summed E-state index contributed by atoms with van der Waals surface area (Å²) in [6.07, 6.45) is 22.7. The van der Waals surface area contributed by atoms with Gasteiger partial charge in [0, 0.05) is 29.5 Å². The Balaban J connectivity index is 0.00000130. The minimum Gasteiger partial charge on any atom is -0.507 e. The monoisotopic (exact) mass is 701 g/mol. The molecule has 286 valence electrons. The van der Waals surface area contributed by atoms with Gasteiger partial charge in [-0.3, -0.25) is 4.79 Å². The summed E-state index contributed by atoms with van der Waals surface area (Å²) in [7, 11) is 0. The van der Waals surface area contributed by atoms with E-state index in [2.05, 4.69) is 78.9 Å². The second-order valence-corrected chi connectivity index (χ2v) is 13.6. The molecule has 0 bridgehead atoms. The minimum absolute atomic E-state index is 0.0940. The van der Waals surface area contributed by atoms with Gasteiger partial charge in [0.05, 0.1) is 0 Å². The maximum Gasteiger partial charge on any atom is 0.160 e. The molecule has 1 fully saturated rings. The third-order valence-corrected chi connectivity index (χ3v) is 10.7. The lowest BCUT2D eigenvalue weighted by molar-refractivity contribution is -0.111. The topological polar surface area (TPSA) is 61.7 Å². The van der Waals surface area contributed by atoms with Gasteiger partial charge in [-0.1, -0.05) is 123 Å². The van der Waals surface area contributed by atoms with Crippen LogP contribution >= 0.6 is 0 Å². The van der Waals surface area contributed by atoms with E-state index in [1.807, 2.05) is 59.9 Å². The number of nitrogens with one attached hydrogen (secondary N) is 1. The summed E-state index contributed by atoms with van der Waals surface area (Å²) < 4.78 is 0. The van der Waals surface area contributed by atoms with Crippen molar-refractivity contribution in [1.82, 2.24) is 5.32 Å². The minimum atomic E-state index is -0.0940. The van der Waals surface area contributed by atoms with E-state index in [1.54, 1.807) is 12.1 Å². The van der Waals surface area contributed by atoms with E-state index in [4.69, 9.17) is 4.99 Å². The van der Waals surface area contributed by atoms with Gasteiger partial charge in [-0.15, -0.1) is 0 Å². The molecule has 3 rings (SSSR count). The molecule has 4 heteroatoms. The number of allylic oxidation sites excluding steroid dienone is 9. The van der Waals surface area contributed by atoms with Crippen LogP contribution in [0.15, 0.2) is 87.3 Å². The molecule has 1 aromatic rings. The summed E-state index contributed by atoms with van der Waals surface area (Å²) in [6.45, 7) is 31.2. The second kappa shape index (κ2) is 25.5. The number of hydrogen-bond acceptors (Lipinski definition) is 4. The average Bonchev–Trinajstić information content (AvgIpc) is 3.30. The van der Waals surface area contributed by atoms with Crippen molar-refractivity contribution in [2.45, 2.75) is 168 Å². The molecular formula is C47H76N2O2. The van der Waals surface area contributed by atoms with Crippen molar-refractivity contribution >= 4 is 17.2 Å². The number of benzene rings is 1. The van der Waals surface area contributed by atoms with Crippen LogP contribution in [0.1, 0.15) is 172 Å². The van der Waals surface area contributed by atoms with Crippen LogP contribution in [0.25, 0.3) is 5.57 Å². The molecule has 1 heterocycles. The molecule has 0 spiro atoms. The molecule has 1 aliphatic carbocycles. The number of aryl methyl sites for hydroxylation is 1. The number of rotatable bonds is 11. The van der Waals surface area contributed by atoms with Crippen LogP contribution in [0.5, 0.6) is 5.75 Å². The number of nitrogens with zero attached hydrogens (tertiary/aromatic N) is 1. The number of Topliss-reactive ketones (excluding diaryl/α,β-unsaturated/α-hetero) is 1. The van der Waals surface area contributed by atoms with E-state index in [-0.39, 0.29) is 11.5 Å². The smallest absolute Gasteiger partial charge is 0.160 e. The number of ketones is 1. The zero-order chi connectivity index (χ0) is 39.1. The highest BCUT2D eigenvalue weighted by Gasteiger charge is 2.31. The highest BCUT2D eigenvalue weighted by molar-refractivity contribution is 6.21. The third-order valence-electron chi connectivity index (χ3n) is 10.7. The molecule has 1 aromatic carbocycles. The van der Waals surface area contributed by atoms with Gasteiger partial charge < -0.3 is 10.4 Å². The largest absolute Gasteiger partial charge is 0.507 e. The number of carbonyl (C=O) groups is 1. The Hall–Kier alpha value is -3.40. The number of phenols is 1. The summed E-state index contributed by atoms with van der Waals surface area (Å²) in [5, 5.41) is 14.1. The fourth-order valence-corrected chi connectivity index (χ4v) is 6.69. The Morgan fingerprint density at radius 3 is 2.04 bits per heavy atom. The lowest BCUT2D eigenvalue weighted by atomic mass is 9.67. The van der Waals surface area contributed by atoms with E-state index in [9.17, 15) is 9.90 Å². The molecule has 0 aromatic heterocycles. The summed E-state index contributed by atoms with van der Waals surface area (Å²) in [6, 6.07) is 5.31. The summed E-state index contributed by atoms with van der Waals surface area (Å²) in [5.74, 6) is 1.93. The quantitative estimate of drug-likeness (QED) is 0.178. The van der Waals surface area contributed by atoms with Crippen molar-refractivity contribution in [3.8, 4) is 5.75 Å². The summed E-state index contributed by atoms with van der Waals surface area (Å²) >= 11 is 0.